The number of H-pyrrole nitrogens is 1. The van der Waals surface area contributed by atoms with Crippen LogP contribution in [0.25, 0.3) is 22.5 Å². The van der Waals surface area contributed by atoms with E-state index >= 15 is 0 Å². The van der Waals surface area contributed by atoms with Gasteiger partial charge in [-0.05, 0) is 68.6 Å². The third kappa shape index (κ3) is 5.19. The molecule has 0 bridgehead atoms. The maximum absolute atomic E-state index is 12.2. The van der Waals surface area contributed by atoms with Gasteiger partial charge in [0.2, 0.25) is 5.82 Å². The molecule has 45 heavy (non-hydrogen) atoms. The summed E-state index contributed by atoms with van der Waals surface area (Å²) in [6.45, 7) is 0. The van der Waals surface area contributed by atoms with E-state index in [1.54, 1.807) is 0 Å². The highest BCUT2D eigenvalue weighted by molar-refractivity contribution is 5.88. The largest absolute Gasteiger partial charge is 0.508 e. The predicted molar refractivity (Wildman–Crippen MR) is 179 cm³/mol. The molecule has 6 aromatic carbocycles. The molecular weight excluding hydrogens is 552 g/mol. The molecule has 0 aliphatic rings. The molecule has 0 atom stereocenters. The van der Waals surface area contributed by atoms with Gasteiger partial charge in [0, 0.05) is 5.56 Å². The van der Waals surface area contributed by atoms with Crippen LogP contribution in [0.5, 0.6) is 5.75 Å². The molecule has 5 nitrogen and oxygen atoms in total. The minimum Gasteiger partial charge on any atom is -0.508 e. The first-order valence-electron chi connectivity index (χ1n) is 15.2. The van der Waals surface area contributed by atoms with E-state index in [1.165, 1.54) is 5.56 Å². The van der Waals surface area contributed by atoms with Gasteiger partial charge in [-0.25, -0.2) is 0 Å². The summed E-state index contributed by atoms with van der Waals surface area (Å²) in [6, 6.07) is 54.0. The zero-order valence-corrected chi connectivity index (χ0v) is 24.7. The summed E-state index contributed by atoms with van der Waals surface area (Å²) in [5.41, 5.74) is 7.93. The Labute approximate surface area is 262 Å². The van der Waals surface area contributed by atoms with Crippen molar-refractivity contribution in [1.82, 2.24) is 20.6 Å². The zero-order valence-electron chi connectivity index (χ0n) is 24.7. The Hall–Kier alpha value is -5.81. The van der Waals surface area contributed by atoms with E-state index in [0.717, 1.165) is 50.9 Å². The summed E-state index contributed by atoms with van der Waals surface area (Å²) in [5.74, 6) is 0.705. The third-order valence-electron chi connectivity index (χ3n) is 8.57. The summed E-state index contributed by atoms with van der Waals surface area (Å²) < 4.78 is 0. The van der Waals surface area contributed by atoms with E-state index < -0.39 is 5.41 Å². The monoisotopic (exact) mass is 584 g/mol. The van der Waals surface area contributed by atoms with Crippen LogP contribution in [-0.4, -0.2) is 25.7 Å². The van der Waals surface area contributed by atoms with Crippen molar-refractivity contribution in [1.29, 1.82) is 0 Å². The van der Waals surface area contributed by atoms with Gasteiger partial charge in [-0.1, -0.05) is 152 Å². The Morgan fingerprint density at radius 3 is 1.56 bits per heavy atom. The Morgan fingerprint density at radius 1 is 0.578 bits per heavy atom. The van der Waals surface area contributed by atoms with E-state index in [4.69, 9.17) is 0 Å². The van der Waals surface area contributed by atoms with Gasteiger partial charge in [0.15, 0.2) is 0 Å². The van der Waals surface area contributed by atoms with E-state index in [-0.39, 0.29) is 5.75 Å². The van der Waals surface area contributed by atoms with Crippen molar-refractivity contribution in [2.24, 2.45) is 0 Å². The van der Waals surface area contributed by atoms with Crippen LogP contribution in [0.15, 0.2) is 158 Å². The number of aryl methyl sites for hydroxylation is 1. The first kappa shape index (κ1) is 28.0. The Kier molecular flexibility index (Phi) is 7.73. The van der Waals surface area contributed by atoms with Gasteiger partial charge in [0.1, 0.15) is 5.75 Å². The van der Waals surface area contributed by atoms with Crippen molar-refractivity contribution >= 4 is 0 Å². The number of nitrogens with zero attached hydrogens (tertiary/aromatic N) is 3. The minimum atomic E-state index is -0.853. The van der Waals surface area contributed by atoms with Crippen LogP contribution in [0.1, 0.15) is 33.4 Å². The average molecular weight is 585 g/mol. The van der Waals surface area contributed by atoms with Crippen LogP contribution < -0.4 is 0 Å². The van der Waals surface area contributed by atoms with Crippen molar-refractivity contribution in [3.63, 3.8) is 0 Å². The molecule has 5 heteroatoms. The lowest BCUT2D eigenvalue weighted by molar-refractivity contribution is 0.465. The molecule has 7 aromatic rings. The first-order chi connectivity index (χ1) is 22.3. The first-order valence-corrected chi connectivity index (χ1v) is 15.2. The molecule has 7 rings (SSSR count). The molecular formula is C40H32N4O. The van der Waals surface area contributed by atoms with E-state index in [0.29, 0.717) is 12.2 Å². The number of tetrazole rings is 1. The molecule has 0 saturated heterocycles. The van der Waals surface area contributed by atoms with Crippen molar-refractivity contribution in [3.05, 3.63) is 191 Å². The second kappa shape index (κ2) is 12.4. The van der Waals surface area contributed by atoms with Crippen LogP contribution in [0.4, 0.5) is 0 Å². The van der Waals surface area contributed by atoms with Gasteiger partial charge in [0.25, 0.3) is 0 Å². The summed E-state index contributed by atoms with van der Waals surface area (Å²) in [7, 11) is 0. The highest BCUT2D eigenvalue weighted by atomic mass is 16.3. The number of phenolic OH excluding ortho intramolecular Hbond substituents is 1. The smallest absolute Gasteiger partial charge is 0.205 e. The molecule has 0 unspecified atom stereocenters. The lowest BCUT2D eigenvalue weighted by Gasteiger charge is -2.40. The van der Waals surface area contributed by atoms with Gasteiger partial charge >= 0.3 is 0 Å². The summed E-state index contributed by atoms with van der Waals surface area (Å²) in [5, 5.41) is 28.1. The normalized spacial score (nSPS) is 11.4. The number of hydrogen-bond donors (Lipinski definition) is 2. The van der Waals surface area contributed by atoms with Crippen molar-refractivity contribution in [2.75, 3.05) is 0 Å². The fourth-order valence-electron chi connectivity index (χ4n) is 6.63. The summed E-state index contributed by atoms with van der Waals surface area (Å²) in [6.07, 6.45) is 1.34. The number of nitrogens with one attached hydrogen (secondary N) is 1. The molecule has 1 aromatic heterocycles. The number of aromatic hydroxyl groups is 1. The molecule has 0 fully saturated rings. The highest BCUT2D eigenvalue weighted by Gasteiger charge is 2.44. The van der Waals surface area contributed by atoms with Gasteiger partial charge in [-0.15, -0.1) is 10.2 Å². The van der Waals surface area contributed by atoms with E-state index in [9.17, 15) is 5.11 Å². The zero-order chi connectivity index (χ0) is 30.5. The van der Waals surface area contributed by atoms with Crippen molar-refractivity contribution in [2.45, 2.75) is 18.3 Å². The molecule has 1 heterocycles. The molecule has 0 saturated carbocycles. The minimum absolute atomic E-state index is 0.235. The lowest BCUT2D eigenvalue weighted by atomic mass is 9.61. The van der Waals surface area contributed by atoms with E-state index in [1.807, 2.05) is 48.5 Å². The highest BCUT2D eigenvalue weighted by Crippen LogP contribution is 2.53. The topological polar surface area (TPSA) is 74.7 Å². The fourth-order valence-corrected chi connectivity index (χ4v) is 6.63. The molecule has 0 aliphatic carbocycles. The Balaban J connectivity index is 1.68. The quantitative estimate of drug-likeness (QED) is 0.167. The van der Waals surface area contributed by atoms with Gasteiger partial charge < -0.3 is 5.11 Å². The summed E-state index contributed by atoms with van der Waals surface area (Å²) >= 11 is 0. The summed E-state index contributed by atoms with van der Waals surface area (Å²) in [4.78, 5) is 0. The Morgan fingerprint density at radius 2 is 1.07 bits per heavy atom. The molecule has 0 spiro atoms. The number of hydrogen-bond acceptors (Lipinski definition) is 4. The Bertz CT molecular complexity index is 1880. The lowest BCUT2D eigenvalue weighted by Crippen LogP contribution is -2.33. The number of rotatable bonds is 9. The van der Waals surface area contributed by atoms with Crippen LogP contribution in [0.3, 0.4) is 0 Å². The van der Waals surface area contributed by atoms with Crippen molar-refractivity contribution in [3.8, 4) is 28.3 Å². The van der Waals surface area contributed by atoms with Crippen LogP contribution in [-0.2, 0) is 18.3 Å². The molecule has 0 aliphatic heterocycles. The second-order valence-electron chi connectivity index (χ2n) is 11.1. The maximum atomic E-state index is 12.2. The number of aromatic nitrogens is 4. The van der Waals surface area contributed by atoms with E-state index in [2.05, 4.69) is 130 Å². The maximum Gasteiger partial charge on any atom is 0.205 e. The molecule has 0 radical (unpaired) electrons. The molecule has 2 N–H and O–H groups in total. The number of phenols is 1. The average Bonchev–Trinajstić information content (AvgIpc) is 3.65. The van der Waals surface area contributed by atoms with Gasteiger partial charge in [0.05, 0.1) is 5.41 Å². The fraction of sp³-hybridized carbons (Fsp3) is 0.0750. The second-order valence-corrected chi connectivity index (χ2v) is 11.1. The van der Waals surface area contributed by atoms with Gasteiger partial charge in [-0.3, -0.25) is 0 Å². The molecule has 0 amide bonds. The van der Waals surface area contributed by atoms with Crippen molar-refractivity contribution < 1.29 is 5.11 Å². The predicted octanol–water partition coefficient (Wildman–Crippen LogP) is 8.41. The number of aromatic amines is 1. The number of benzene rings is 6. The van der Waals surface area contributed by atoms with Crippen LogP contribution in [0, 0.1) is 0 Å². The third-order valence-corrected chi connectivity index (χ3v) is 8.57. The van der Waals surface area contributed by atoms with Gasteiger partial charge in [-0.2, -0.15) is 5.21 Å². The molecule has 218 valence electrons. The standard InChI is InChI=1S/C40H32N4O/c45-36-28-35(30-18-8-2-9-19-30)37(39-41-43-44-42-39)38(34(36)27-26-29-16-6-1-7-17-29)40(31-20-10-3-11-21-31,32-22-12-4-13-23-32)33-24-14-5-15-25-33/h1-25,28,45H,26-27H2,(H,41,42,43,44). The SMILES string of the molecule is Oc1cc(-c2ccccc2)c(-c2nn[nH]n2)c(C(c2ccccc2)(c2ccccc2)c2ccccc2)c1CCc1ccccc1. The van der Waals surface area contributed by atoms with Crippen LogP contribution >= 0.6 is 0 Å². The van der Waals surface area contributed by atoms with Crippen LogP contribution in [0.2, 0.25) is 0 Å².